The second-order valence-electron chi connectivity index (χ2n) is 9.36. The maximum Gasteiger partial charge on any atom is 0.233 e. The van der Waals surface area contributed by atoms with Crippen molar-refractivity contribution in [3.63, 3.8) is 0 Å². The number of hydrogen-bond donors (Lipinski definition) is 1. The zero-order chi connectivity index (χ0) is 23.2. The SMILES string of the molecule is COc1cccc(NCc2nnc(SCC(=O)N3C(C)CCCC3C)n2C2CCCCC2)c1. The molecule has 1 saturated carbocycles. The molecule has 2 heterocycles. The van der Waals surface area contributed by atoms with E-state index in [4.69, 9.17) is 4.74 Å². The Morgan fingerprint density at radius 3 is 2.58 bits per heavy atom. The Labute approximate surface area is 201 Å². The molecule has 180 valence electrons. The summed E-state index contributed by atoms with van der Waals surface area (Å²) in [5, 5.41) is 13.4. The van der Waals surface area contributed by atoms with Crippen LogP contribution in [0.2, 0.25) is 0 Å². The number of piperidine rings is 1. The monoisotopic (exact) mass is 471 g/mol. The molecule has 1 N–H and O–H groups in total. The van der Waals surface area contributed by atoms with Gasteiger partial charge in [0.25, 0.3) is 0 Å². The van der Waals surface area contributed by atoms with Crippen molar-refractivity contribution in [2.45, 2.75) is 95.0 Å². The first-order chi connectivity index (χ1) is 16.1. The Morgan fingerprint density at radius 1 is 1.09 bits per heavy atom. The van der Waals surface area contributed by atoms with E-state index in [2.05, 4.69) is 38.8 Å². The lowest BCUT2D eigenvalue weighted by atomic mass is 9.95. The van der Waals surface area contributed by atoms with Crippen LogP contribution in [0.15, 0.2) is 29.4 Å². The van der Waals surface area contributed by atoms with Gasteiger partial charge in [-0.15, -0.1) is 10.2 Å². The van der Waals surface area contributed by atoms with E-state index in [1.165, 1.54) is 25.7 Å². The highest BCUT2D eigenvalue weighted by Crippen LogP contribution is 2.33. The van der Waals surface area contributed by atoms with Crippen LogP contribution in [0.1, 0.15) is 77.1 Å². The molecule has 1 saturated heterocycles. The van der Waals surface area contributed by atoms with Gasteiger partial charge in [0.15, 0.2) is 11.0 Å². The maximum absolute atomic E-state index is 13.1. The smallest absolute Gasteiger partial charge is 0.233 e. The number of carbonyl (C=O) groups excluding carboxylic acids is 1. The third-order valence-electron chi connectivity index (χ3n) is 7.00. The summed E-state index contributed by atoms with van der Waals surface area (Å²) in [4.78, 5) is 15.2. The van der Waals surface area contributed by atoms with E-state index in [0.717, 1.165) is 48.1 Å². The Kier molecular flexibility index (Phi) is 8.17. The van der Waals surface area contributed by atoms with Gasteiger partial charge in [-0.3, -0.25) is 4.79 Å². The molecule has 2 aromatic rings. The fraction of sp³-hybridized carbons (Fsp3) is 0.640. The van der Waals surface area contributed by atoms with Crippen LogP contribution in [0, 0.1) is 0 Å². The molecule has 1 aliphatic heterocycles. The largest absolute Gasteiger partial charge is 0.497 e. The van der Waals surface area contributed by atoms with Gasteiger partial charge in [0, 0.05) is 29.9 Å². The number of amides is 1. The molecule has 2 fully saturated rings. The van der Waals surface area contributed by atoms with Gasteiger partial charge in [-0.05, 0) is 58.1 Å². The highest BCUT2D eigenvalue weighted by atomic mass is 32.2. The van der Waals surface area contributed by atoms with Gasteiger partial charge in [0.2, 0.25) is 5.91 Å². The summed E-state index contributed by atoms with van der Waals surface area (Å²) in [6.45, 7) is 4.93. The van der Waals surface area contributed by atoms with Crippen molar-refractivity contribution >= 4 is 23.4 Å². The number of anilines is 1. The van der Waals surface area contributed by atoms with Gasteiger partial charge in [-0.2, -0.15) is 0 Å². The molecule has 1 amide bonds. The van der Waals surface area contributed by atoms with Gasteiger partial charge in [-0.25, -0.2) is 0 Å². The second-order valence-corrected chi connectivity index (χ2v) is 10.3. The zero-order valence-electron chi connectivity index (χ0n) is 20.1. The molecule has 0 radical (unpaired) electrons. The zero-order valence-corrected chi connectivity index (χ0v) is 20.9. The van der Waals surface area contributed by atoms with Crippen LogP contribution in [-0.4, -0.2) is 50.5 Å². The number of hydrogen-bond acceptors (Lipinski definition) is 6. The number of methoxy groups -OCH3 is 1. The average Bonchev–Trinajstić information content (AvgIpc) is 3.25. The van der Waals surface area contributed by atoms with Crippen LogP contribution in [0.3, 0.4) is 0 Å². The van der Waals surface area contributed by atoms with Crippen molar-refractivity contribution in [3.8, 4) is 5.75 Å². The van der Waals surface area contributed by atoms with Gasteiger partial charge < -0.3 is 19.5 Å². The quantitative estimate of drug-likeness (QED) is 0.528. The van der Waals surface area contributed by atoms with Gasteiger partial charge in [-0.1, -0.05) is 37.1 Å². The van der Waals surface area contributed by atoms with Crippen LogP contribution >= 0.6 is 11.8 Å². The lowest BCUT2D eigenvalue weighted by Gasteiger charge is -2.39. The molecule has 4 rings (SSSR count). The Balaban J connectivity index is 1.47. The van der Waals surface area contributed by atoms with E-state index in [1.807, 2.05) is 24.3 Å². The second kappa shape index (κ2) is 11.3. The third kappa shape index (κ3) is 5.83. The average molecular weight is 472 g/mol. The van der Waals surface area contributed by atoms with Crippen molar-refractivity contribution in [2.75, 3.05) is 18.2 Å². The van der Waals surface area contributed by atoms with Crippen LogP contribution in [-0.2, 0) is 11.3 Å². The summed E-state index contributed by atoms with van der Waals surface area (Å²) in [7, 11) is 1.68. The lowest BCUT2D eigenvalue weighted by Crippen LogP contribution is -2.48. The van der Waals surface area contributed by atoms with Crippen LogP contribution < -0.4 is 10.1 Å². The molecule has 1 aromatic carbocycles. The molecule has 0 bridgehead atoms. The van der Waals surface area contributed by atoms with E-state index in [9.17, 15) is 4.79 Å². The van der Waals surface area contributed by atoms with Gasteiger partial charge in [0.1, 0.15) is 5.75 Å². The molecule has 8 heteroatoms. The summed E-state index contributed by atoms with van der Waals surface area (Å²) in [5.41, 5.74) is 0.991. The molecule has 2 unspecified atom stereocenters. The normalized spacial score (nSPS) is 21.7. The fourth-order valence-corrected chi connectivity index (χ4v) is 6.15. The summed E-state index contributed by atoms with van der Waals surface area (Å²) in [6, 6.07) is 8.96. The molecule has 1 aromatic heterocycles. The Bertz CT molecular complexity index is 917. The topological polar surface area (TPSA) is 72.3 Å². The van der Waals surface area contributed by atoms with Crippen molar-refractivity contribution in [2.24, 2.45) is 0 Å². The molecule has 2 aliphatic rings. The number of nitrogens with one attached hydrogen (secondary N) is 1. The minimum atomic E-state index is 0.217. The number of benzene rings is 1. The molecule has 1 aliphatic carbocycles. The molecule has 0 spiro atoms. The van der Waals surface area contributed by atoms with Crippen molar-refractivity contribution in [1.82, 2.24) is 19.7 Å². The highest BCUT2D eigenvalue weighted by molar-refractivity contribution is 7.99. The van der Waals surface area contributed by atoms with E-state index in [0.29, 0.717) is 30.4 Å². The van der Waals surface area contributed by atoms with E-state index >= 15 is 0 Å². The number of nitrogens with zero attached hydrogens (tertiary/aromatic N) is 4. The standard InChI is InChI=1S/C25H37N5O2S/c1-18-9-7-10-19(2)29(18)24(31)17-33-25-28-27-23(30(25)21-12-5-4-6-13-21)16-26-20-11-8-14-22(15-20)32-3/h8,11,14-15,18-19,21,26H,4-7,9-10,12-13,16-17H2,1-3H3. The summed E-state index contributed by atoms with van der Waals surface area (Å²) >= 11 is 1.55. The minimum absolute atomic E-state index is 0.217. The minimum Gasteiger partial charge on any atom is -0.497 e. The lowest BCUT2D eigenvalue weighted by molar-refractivity contribution is -0.134. The summed E-state index contributed by atoms with van der Waals surface area (Å²) in [6.07, 6.45) is 9.45. The fourth-order valence-electron chi connectivity index (χ4n) is 5.26. The van der Waals surface area contributed by atoms with Gasteiger partial charge in [0.05, 0.1) is 19.4 Å². The number of likely N-dealkylation sites (tertiary alicyclic amines) is 1. The highest BCUT2D eigenvalue weighted by Gasteiger charge is 2.30. The number of aromatic nitrogens is 3. The van der Waals surface area contributed by atoms with Crippen molar-refractivity contribution < 1.29 is 9.53 Å². The van der Waals surface area contributed by atoms with Crippen molar-refractivity contribution in [1.29, 1.82) is 0 Å². The first-order valence-corrected chi connectivity index (χ1v) is 13.3. The number of carbonyl (C=O) groups is 1. The summed E-state index contributed by atoms with van der Waals surface area (Å²) in [5.74, 6) is 2.39. The molecule has 33 heavy (non-hydrogen) atoms. The number of rotatable bonds is 8. The van der Waals surface area contributed by atoms with Gasteiger partial charge >= 0.3 is 0 Å². The van der Waals surface area contributed by atoms with E-state index in [1.54, 1.807) is 18.9 Å². The van der Waals surface area contributed by atoms with E-state index in [-0.39, 0.29) is 5.91 Å². The van der Waals surface area contributed by atoms with Crippen LogP contribution in [0.5, 0.6) is 5.75 Å². The van der Waals surface area contributed by atoms with Crippen LogP contribution in [0.25, 0.3) is 0 Å². The number of ether oxygens (including phenoxy) is 1. The number of thioether (sulfide) groups is 1. The first-order valence-electron chi connectivity index (χ1n) is 12.3. The van der Waals surface area contributed by atoms with E-state index < -0.39 is 0 Å². The summed E-state index contributed by atoms with van der Waals surface area (Å²) < 4.78 is 7.64. The van der Waals surface area contributed by atoms with Crippen molar-refractivity contribution in [3.05, 3.63) is 30.1 Å². The predicted octanol–water partition coefficient (Wildman–Crippen LogP) is 5.29. The molecular formula is C25H37N5O2S. The predicted molar refractivity (Wildman–Crippen MR) is 133 cm³/mol. The third-order valence-corrected chi connectivity index (χ3v) is 7.93. The molecule has 2 atom stereocenters. The van der Waals surface area contributed by atoms with Crippen LogP contribution in [0.4, 0.5) is 5.69 Å². The Hall–Kier alpha value is -2.22. The maximum atomic E-state index is 13.1. The molecule has 7 nitrogen and oxygen atoms in total. The molecular weight excluding hydrogens is 434 g/mol. The first kappa shape index (κ1) is 23.9. The Morgan fingerprint density at radius 2 is 1.85 bits per heavy atom.